The summed E-state index contributed by atoms with van der Waals surface area (Å²) in [6.45, 7) is 5.20. The average Bonchev–Trinajstić information content (AvgIpc) is 2.76. The molecular formula is C24H30ClNO4. The van der Waals surface area contributed by atoms with Gasteiger partial charge in [-0.3, -0.25) is 9.69 Å². The van der Waals surface area contributed by atoms with Crippen molar-refractivity contribution in [2.45, 2.75) is 32.7 Å². The first-order valence-corrected chi connectivity index (χ1v) is 10.8. The summed E-state index contributed by atoms with van der Waals surface area (Å²) in [6.07, 6.45) is 2.17. The molecule has 0 unspecified atom stereocenters. The maximum absolute atomic E-state index is 12.8. The fourth-order valence-corrected chi connectivity index (χ4v) is 4.21. The molecule has 0 atom stereocenters. The lowest BCUT2D eigenvalue weighted by atomic mass is 9.75. The summed E-state index contributed by atoms with van der Waals surface area (Å²) in [6, 6.07) is 15.6. The molecule has 0 N–H and O–H groups in total. The minimum absolute atomic E-state index is 0.103. The molecule has 2 aromatic rings. The topological polar surface area (TPSA) is 48.0 Å². The Balaban J connectivity index is 1.59. The third-order valence-electron chi connectivity index (χ3n) is 5.74. The quantitative estimate of drug-likeness (QED) is 0.525. The van der Waals surface area contributed by atoms with Crippen molar-refractivity contribution < 1.29 is 19.0 Å². The number of esters is 1. The van der Waals surface area contributed by atoms with Gasteiger partial charge in [0.15, 0.2) is 0 Å². The van der Waals surface area contributed by atoms with E-state index in [9.17, 15) is 4.79 Å². The second-order valence-electron chi connectivity index (χ2n) is 7.66. The van der Waals surface area contributed by atoms with Crippen LogP contribution in [0.1, 0.15) is 31.7 Å². The molecule has 1 fully saturated rings. The number of rotatable bonds is 9. The van der Waals surface area contributed by atoms with Gasteiger partial charge in [0, 0.05) is 6.54 Å². The summed E-state index contributed by atoms with van der Waals surface area (Å²) in [5.41, 5.74) is 0.649. The van der Waals surface area contributed by atoms with Crippen LogP contribution in [0.4, 0.5) is 0 Å². The Hall–Kier alpha value is -2.24. The van der Waals surface area contributed by atoms with E-state index in [4.69, 9.17) is 25.8 Å². The normalized spacial score (nSPS) is 16.1. The highest BCUT2D eigenvalue weighted by Gasteiger charge is 2.42. The number of piperidine rings is 1. The number of methoxy groups -OCH3 is 1. The molecule has 0 aliphatic carbocycles. The van der Waals surface area contributed by atoms with E-state index in [1.807, 2.05) is 55.5 Å². The standard InChI is InChI=1S/C24H30ClNO4/c1-3-29-23(27)24(13-16-30-20-7-5-4-6-8-20)11-14-26(15-12-24)18-19-9-10-22(28-2)21(25)17-19/h4-10,17H,3,11-16,18H2,1-2H3. The number of benzene rings is 2. The van der Waals surface area contributed by atoms with Crippen LogP contribution in [0.3, 0.4) is 0 Å². The number of hydrogen-bond acceptors (Lipinski definition) is 5. The van der Waals surface area contributed by atoms with Crippen LogP contribution in [0.25, 0.3) is 0 Å². The molecule has 1 aliphatic rings. The zero-order chi connectivity index (χ0) is 21.4. The first-order valence-electron chi connectivity index (χ1n) is 10.5. The molecule has 0 saturated carbocycles. The summed E-state index contributed by atoms with van der Waals surface area (Å²) < 4.78 is 16.5. The summed E-state index contributed by atoms with van der Waals surface area (Å²) in [7, 11) is 1.61. The van der Waals surface area contributed by atoms with E-state index in [1.54, 1.807) is 7.11 Å². The zero-order valence-electron chi connectivity index (χ0n) is 17.7. The summed E-state index contributed by atoms with van der Waals surface area (Å²) in [5.74, 6) is 1.40. The summed E-state index contributed by atoms with van der Waals surface area (Å²) >= 11 is 6.26. The van der Waals surface area contributed by atoms with Gasteiger partial charge < -0.3 is 14.2 Å². The lowest BCUT2D eigenvalue weighted by Gasteiger charge is -2.40. The van der Waals surface area contributed by atoms with Gasteiger partial charge >= 0.3 is 5.97 Å². The third-order valence-corrected chi connectivity index (χ3v) is 6.03. The van der Waals surface area contributed by atoms with Gasteiger partial charge in [-0.1, -0.05) is 35.9 Å². The van der Waals surface area contributed by atoms with Crippen LogP contribution in [0, 0.1) is 5.41 Å². The number of halogens is 1. The van der Waals surface area contributed by atoms with Gasteiger partial charge in [-0.2, -0.15) is 0 Å². The molecule has 6 heteroatoms. The van der Waals surface area contributed by atoms with E-state index < -0.39 is 5.41 Å². The molecule has 0 amide bonds. The van der Waals surface area contributed by atoms with Crippen molar-refractivity contribution >= 4 is 17.6 Å². The van der Waals surface area contributed by atoms with Crippen molar-refractivity contribution in [1.82, 2.24) is 4.90 Å². The number of para-hydroxylation sites is 1. The van der Waals surface area contributed by atoms with Gasteiger partial charge in [0.1, 0.15) is 11.5 Å². The third kappa shape index (κ3) is 5.67. The summed E-state index contributed by atoms with van der Waals surface area (Å²) in [5, 5.41) is 0.617. The van der Waals surface area contributed by atoms with Crippen LogP contribution in [-0.2, 0) is 16.1 Å². The minimum Gasteiger partial charge on any atom is -0.495 e. The van der Waals surface area contributed by atoms with Crippen LogP contribution in [-0.4, -0.2) is 44.3 Å². The molecule has 0 spiro atoms. The van der Waals surface area contributed by atoms with Crippen LogP contribution in [0.5, 0.6) is 11.5 Å². The molecule has 1 saturated heterocycles. The van der Waals surface area contributed by atoms with Crippen molar-refractivity contribution in [2.24, 2.45) is 5.41 Å². The molecule has 162 valence electrons. The second kappa shape index (κ2) is 10.7. The van der Waals surface area contributed by atoms with E-state index >= 15 is 0 Å². The lowest BCUT2D eigenvalue weighted by molar-refractivity contribution is -0.159. The first kappa shape index (κ1) is 22.4. The number of hydrogen-bond donors (Lipinski definition) is 0. The molecule has 30 heavy (non-hydrogen) atoms. The van der Waals surface area contributed by atoms with Crippen LogP contribution in [0.15, 0.2) is 48.5 Å². The molecule has 3 rings (SSSR count). The molecule has 1 heterocycles. The fraction of sp³-hybridized carbons (Fsp3) is 0.458. The van der Waals surface area contributed by atoms with E-state index in [1.165, 1.54) is 0 Å². The fourth-order valence-electron chi connectivity index (χ4n) is 3.93. The highest BCUT2D eigenvalue weighted by Crippen LogP contribution is 2.37. The molecule has 5 nitrogen and oxygen atoms in total. The maximum atomic E-state index is 12.8. The molecule has 0 aromatic heterocycles. The number of likely N-dealkylation sites (tertiary alicyclic amines) is 1. The Morgan fingerprint density at radius 2 is 1.87 bits per heavy atom. The van der Waals surface area contributed by atoms with Gasteiger partial charge in [-0.05, 0) is 69.1 Å². The summed E-state index contributed by atoms with van der Waals surface area (Å²) in [4.78, 5) is 15.2. The largest absolute Gasteiger partial charge is 0.495 e. The zero-order valence-corrected chi connectivity index (χ0v) is 18.5. The van der Waals surface area contributed by atoms with Crippen molar-refractivity contribution in [2.75, 3.05) is 33.4 Å². The van der Waals surface area contributed by atoms with Crippen LogP contribution >= 0.6 is 11.6 Å². The molecular weight excluding hydrogens is 402 g/mol. The van der Waals surface area contributed by atoms with E-state index in [0.717, 1.165) is 43.8 Å². The van der Waals surface area contributed by atoms with Crippen LogP contribution < -0.4 is 9.47 Å². The van der Waals surface area contributed by atoms with Gasteiger partial charge in [-0.15, -0.1) is 0 Å². The van der Waals surface area contributed by atoms with Gasteiger partial charge in [0.25, 0.3) is 0 Å². The Morgan fingerprint density at radius 1 is 1.13 bits per heavy atom. The van der Waals surface area contributed by atoms with Gasteiger partial charge in [-0.25, -0.2) is 0 Å². The Kier molecular flexibility index (Phi) is 8.00. The number of carbonyl (C=O) groups is 1. The van der Waals surface area contributed by atoms with Crippen LogP contribution in [0.2, 0.25) is 5.02 Å². The van der Waals surface area contributed by atoms with Crippen molar-refractivity contribution in [3.8, 4) is 11.5 Å². The molecule has 2 aromatic carbocycles. The van der Waals surface area contributed by atoms with Gasteiger partial charge in [0.2, 0.25) is 0 Å². The SMILES string of the molecule is CCOC(=O)C1(CCOc2ccccc2)CCN(Cc2ccc(OC)c(Cl)c2)CC1. The minimum atomic E-state index is -0.487. The monoisotopic (exact) mass is 431 g/mol. The smallest absolute Gasteiger partial charge is 0.312 e. The molecule has 0 radical (unpaired) electrons. The number of ether oxygens (including phenoxy) is 3. The first-order chi connectivity index (χ1) is 14.6. The Morgan fingerprint density at radius 3 is 2.50 bits per heavy atom. The van der Waals surface area contributed by atoms with Crippen molar-refractivity contribution in [3.63, 3.8) is 0 Å². The predicted molar refractivity (Wildman–Crippen MR) is 118 cm³/mol. The Bertz CT molecular complexity index is 819. The average molecular weight is 432 g/mol. The predicted octanol–water partition coefficient (Wildman–Crippen LogP) is 4.96. The van der Waals surface area contributed by atoms with E-state index in [0.29, 0.717) is 30.4 Å². The lowest BCUT2D eigenvalue weighted by Crippen LogP contribution is -2.45. The molecule has 1 aliphatic heterocycles. The highest BCUT2D eigenvalue weighted by molar-refractivity contribution is 6.32. The number of nitrogens with zero attached hydrogens (tertiary/aromatic N) is 1. The van der Waals surface area contributed by atoms with E-state index in [-0.39, 0.29) is 5.97 Å². The second-order valence-corrected chi connectivity index (χ2v) is 8.06. The highest BCUT2D eigenvalue weighted by atomic mass is 35.5. The van der Waals surface area contributed by atoms with Crippen molar-refractivity contribution in [3.05, 3.63) is 59.1 Å². The van der Waals surface area contributed by atoms with Gasteiger partial charge in [0.05, 0.1) is 30.8 Å². The molecule has 0 bridgehead atoms. The van der Waals surface area contributed by atoms with Crippen molar-refractivity contribution in [1.29, 1.82) is 0 Å². The van der Waals surface area contributed by atoms with E-state index in [2.05, 4.69) is 4.90 Å². The Labute approximate surface area is 183 Å². The number of carbonyl (C=O) groups excluding carboxylic acids is 1. The maximum Gasteiger partial charge on any atom is 0.312 e.